The molecule has 1 N–H and O–H groups in total. The van der Waals surface area contributed by atoms with Crippen molar-refractivity contribution in [3.05, 3.63) is 0 Å². The van der Waals surface area contributed by atoms with Crippen LogP contribution < -0.4 is 0 Å². The van der Waals surface area contributed by atoms with Crippen molar-refractivity contribution in [2.45, 2.75) is 45.1 Å². The summed E-state index contributed by atoms with van der Waals surface area (Å²) >= 11 is 0. The zero-order chi connectivity index (χ0) is 10.6. The largest absolute Gasteiger partial charge is 0.481 e. The Kier molecular flexibility index (Phi) is 4.39. The summed E-state index contributed by atoms with van der Waals surface area (Å²) in [5.74, 6) is -0.936. The molecule has 0 heterocycles. The van der Waals surface area contributed by atoms with Crippen LogP contribution in [0.1, 0.15) is 39.0 Å². The van der Waals surface area contributed by atoms with Crippen LogP contribution >= 0.6 is 0 Å². The molecule has 1 unspecified atom stereocenters. The number of hydrogen-bond donors (Lipinski definition) is 1. The summed E-state index contributed by atoms with van der Waals surface area (Å²) in [6, 6.07) is 0.616. The average Bonchev–Trinajstić information content (AvgIpc) is 2.19. The minimum Gasteiger partial charge on any atom is -0.481 e. The molecule has 0 aliphatic heterocycles. The van der Waals surface area contributed by atoms with Crippen LogP contribution in [0, 0.1) is 5.92 Å². The van der Waals surface area contributed by atoms with E-state index < -0.39 is 5.97 Å². The first-order valence-corrected chi connectivity index (χ1v) is 5.54. The van der Waals surface area contributed by atoms with Crippen LogP contribution in [0.2, 0.25) is 0 Å². The number of carbonyl (C=O) groups is 1. The molecule has 14 heavy (non-hydrogen) atoms. The molecule has 3 nitrogen and oxygen atoms in total. The Morgan fingerprint density at radius 2 is 2.00 bits per heavy atom. The van der Waals surface area contributed by atoms with E-state index in [1.807, 2.05) is 0 Å². The summed E-state index contributed by atoms with van der Waals surface area (Å²) in [5.41, 5.74) is 0. The zero-order valence-electron chi connectivity index (χ0n) is 9.20. The Bertz CT molecular complexity index is 188. The van der Waals surface area contributed by atoms with E-state index in [-0.39, 0.29) is 5.92 Å². The van der Waals surface area contributed by atoms with Crippen LogP contribution in [0.4, 0.5) is 0 Å². The maximum Gasteiger partial charge on any atom is 0.307 e. The fourth-order valence-corrected chi connectivity index (χ4v) is 2.18. The molecule has 1 atom stereocenters. The zero-order valence-corrected chi connectivity index (χ0v) is 9.20. The third-order valence-corrected chi connectivity index (χ3v) is 3.18. The van der Waals surface area contributed by atoms with Crippen LogP contribution in [0.25, 0.3) is 0 Å². The predicted molar refractivity (Wildman–Crippen MR) is 56.3 cm³/mol. The number of hydrogen-bond acceptors (Lipinski definition) is 2. The molecule has 1 aliphatic carbocycles. The Hall–Kier alpha value is -0.570. The predicted octanol–water partition coefficient (Wildman–Crippen LogP) is 1.97. The molecule has 0 aromatic carbocycles. The van der Waals surface area contributed by atoms with Gasteiger partial charge in [0.1, 0.15) is 0 Å². The van der Waals surface area contributed by atoms with Gasteiger partial charge in [-0.3, -0.25) is 4.79 Å². The standard InChI is InChI=1S/C11H21NO2/c1-9(11(13)14)8-12(2)10-6-4-3-5-7-10/h9-10H,3-8H2,1-2H3,(H,13,14). The van der Waals surface area contributed by atoms with Crippen molar-refractivity contribution in [1.29, 1.82) is 0 Å². The van der Waals surface area contributed by atoms with Crippen molar-refractivity contribution in [2.24, 2.45) is 5.92 Å². The number of nitrogens with zero attached hydrogens (tertiary/aromatic N) is 1. The van der Waals surface area contributed by atoms with Crippen molar-refractivity contribution in [3.63, 3.8) is 0 Å². The lowest BCUT2D eigenvalue weighted by molar-refractivity contribution is -0.141. The molecule has 0 spiro atoms. The second-order valence-corrected chi connectivity index (χ2v) is 4.47. The maximum atomic E-state index is 10.7. The molecule has 1 aliphatic rings. The first kappa shape index (κ1) is 11.5. The van der Waals surface area contributed by atoms with E-state index in [2.05, 4.69) is 11.9 Å². The van der Waals surface area contributed by atoms with Gasteiger partial charge in [0.2, 0.25) is 0 Å². The van der Waals surface area contributed by atoms with Gasteiger partial charge in [-0.05, 0) is 19.9 Å². The van der Waals surface area contributed by atoms with Crippen molar-refractivity contribution in [3.8, 4) is 0 Å². The van der Waals surface area contributed by atoms with Gasteiger partial charge in [0.15, 0.2) is 0 Å². The van der Waals surface area contributed by atoms with Gasteiger partial charge in [0.25, 0.3) is 0 Å². The minimum atomic E-state index is -0.687. The lowest BCUT2D eigenvalue weighted by Crippen LogP contribution is -2.38. The summed E-state index contributed by atoms with van der Waals surface area (Å²) in [4.78, 5) is 12.9. The smallest absolute Gasteiger partial charge is 0.307 e. The number of aliphatic carboxylic acids is 1. The monoisotopic (exact) mass is 199 g/mol. The second kappa shape index (κ2) is 5.35. The summed E-state index contributed by atoms with van der Waals surface area (Å²) < 4.78 is 0. The van der Waals surface area contributed by atoms with E-state index in [0.717, 1.165) is 0 Å². The van der Waals surface area contributed by atoms with Crippen molar-refractivity contribution in [2.75, 3.05) is 13.6 Å². The molecule has 0 aromatic rings. The molecule has 0 amide bonds. The van der Waals surface area contributed by atoms with Crippen LogP contribution in [0.15, 0.2) is 0 Å². The highest BCUT2D eigenvalue weighted by Gasteiger charge is 2.21. The van der Waals surface area contributed by atoms with Gasteiger partial charge in [-0.2, -0.15) is 0 Å². The highest BCUT2D eigenvalue weighted by molar-refractivity contribution is 5.69. The van der Waals surface area contributed by atoms with Gasteiger partial charge in [-0.1, -0.05) is 26.2 Å². The van der Waals surface area contributed by atoms with E-state index >= 15 is 0 Å². The molecule has 1 fully saturated rings. The van der Waals surface area contributed by atoms with Gasteiger partial charge < -0.3 is 10.0 Å². The van der Waals surface area contributed by atoms with Gasteiger partial charge in [0.05, 0.1) is 5.92 Å². The molecule has 1 saturated carbocycles. The Morgan fingerprint density at radius 3 is 2.50 bits per heavy atom. The average molecular weight is 199 g/mol. The first-order chi connectivity index (χ1) is 6.61. The Balaban J connectivity index is 2.32. The van der Waals surface area contributed by atoms with Gasteiger partial charge in [-0.25, -0.2) is 0 Å². The second-order valence-electron chi connectivity index (χ2n) is 4.47. The molecular formula is C11H21NO2. The fourth-order valence-electron chi connectivity index (χ4n) is 2.18. The first-order valence-electron chi connectivity index (χ1n) is 5.54. The highest BCUT2D eigenvalue weighted by Crippen LogP contribution is 2.22. The van der Waals surface area contributed by atoms with Crippen LogP contribution in [-0.4, -0.2) is 35.6 Å². The topological polar surface area (TPSA) is 40.5 Å². The van der Waals surface area contributed by atoms with E-state index in [1.165, 1.54) is 32.1 Å². The Morgan fingerprint density at radius 1 is 1.43 bits per heavy atom. The molecular weight excluding hydrogens is 178 g/mol. The molecule has 0 radical (unpaired) electrons. The SMILES string of the molecule is CC(CN(C)C1CCCCC1)C(=O)O. The summed E-state index contributed by atoms with van der Waals surface area (Å²) in [6.45, 7) is 2.46. The third kappa shape index (κ3) is 3.29. The quantitative estimate of drug-likeness (QED) is 0.752. The van der Waals surface area contributed by atoms with Gasteiger partial charge in [0, 0.05) is 12.6 Å². The van der Waals surface area contributed by atoms with Gasteiger partial charge in [-0.15, -0.1) is 0 Å². The van der Waals surface area contributed by atoms with Gasteiger partial charge >= 0.3 is 5.97 Å². The number of carboxylic acid groups (broad SMARTS) is 1. The maximum absolute atomic E-state index is 10.7. The molecule has 3 heteroatoms. The fraction of sp³-hybridized carbons (Fsp3) is 0.909. The number of rotatable bonds is 4. The van der Waals surface area contributed by atoms with Crippen LogP contribution in [-0.2, 0) is 4.79 Å². The van der Waals surface area contributed by atoms with Crippen LogP contribution in [0.5, 0.6) is 0 Å². The Labute approximate surface area is 86.1 Å². The lowest BCUT2D eigenvalue weighted by Gasteiger charge is -2.32. The third-order valence-electron chi connectivity index (χ3n) is 3.18. The van der Waals surface area contributed by atoms with E-state index in [0.29, 0.717) is 12.6 Å². The normalized spacial score (nSPS) is 21.1. The van der Waals surface area contributed by atoms with E-state index in [4.69, 9.17) is 5.11 Å². The number of carboxylic acids is 1. The highest BCUT2D eigenvalue weighted by atomic mass is 16.4. The molecule has 0 aromatic heterocycles. The summed E-state index contributed by atoms with van der Waals surface area (Å²) in [7, 11) is 2.05. The van der Waals surface area contributed by atoms with E-state index in [1.54, 1.807) is 6.92 Å². The van der Waals surface area contributed by atoms with Crippen molar-refractivity contribution >= 4 is 5.97 Å². The van der Waals surface area contributed by atoms with E-state index in [9.17, 15) is 4.79 Å². The van der Waals surface area contributed by atoms with Crippen molar-refractivity contribution < 1.29 is 9.90 Å². The van der Waals surface area contributed by atoms with Crippen LogP contribution in [0.3, 0.4) is 0 Å². The molecule has 0 saturated heterocycles. The summed E-state index contributed by atoms with van der Waals surface area (Å²) in [5, 5.41) is 8.80. The van der Waals surface area contributed by atoms with Crippen molar-refractivity contribution in [1.82, 2.24) is 4.90 Å². The summed E-state index contributed by atoms with van der Waals surface area (Å²) in [6.07, 6.45) is 6.43. The molecule has 0 bridgehead atoms. The lowest BCUT2D eigenvalue weighted by atomic mass is 9.94. The minimum absolute atomic E-state index is 0.248. The molecule has 82 valence electrons. The molecule has 1 rings (SSSR count).